The van der Waals surface area contributed by atoms with E-state index in [0.29, 0.717) is 12.1 Å². The van der Waals surface area contributed by atoms with Crippen LogP contribution in [-0.2, 0) is 17.4 Å². The number of carboxylic acids is 1. The van der Waals surface area contributed by atoms with Crippen molar-refractivity contribution in [3.63, 3.8) is 0 Å². The van der Waals surface area contributed by atoms with E-state index in [0.717, 1.165) is 0 Å². The third kappa shape index (κ3) is 3.88. The van der Waals surface area contributed by atoms with E-state index >= 15 is 0 Å². The molecular formula is C11H10F5NO2. The Kier molecular flexibility index (Phi) is 4.46. The Morgan fingerprint density at radius 3 is 2.11 bits per heavy atom. The molecule has 19 heavy (non-hydrogen) atoms. The van der Waals surface area contributed by atoms with Crippen molar-refractivity contribution in [2.24, 2.45) is 5.73 Å². The van der Waals surface area contributed by atoms with Crippen LogP contribution in [0.15, 0.2) is 12.1 Å². The molecule has 1 rings (SSSR count). The van der Waals surface area contributed by atoms with E-state index in [-0.39, 0.29) is 18.4 Å². The fraction of sp³-hybridized carbons (Fsp3) is 0.364. The second-order valence-corrected chi connectivity index (χ2v) is 3.92. The molecule has 1 aromatic rings. The van der Waals surface area contributed by atoms with Crippen molar-refractivity contribution >= 4 is 5.97 Å². The molecule has 106 valence electrons. The van der Waals surface area contributed by atoms with Crippen molar-refractivity contribution in [3.05, 3.63) is 34.9 Å². The molecule has 0 fully saturated rings. The van der Waals surface area contributed by atoms with Gasteiger partial charge in [-0.15, -0.1) is 0 Å². The number of nitrogens with two attached hydrogens (primary N) is 1. The third-order valence-electron chi connectivity index (χ3n) is 2.45. The number of hydrogen-bond acceptors (Lipinski definition) is 2. The van der Waals surface area contributed by atoms with Gasteiger partial charge in [0.25, 0.3) is 0 Å². The average molecular weight is 283 g/mol. The minimum absolute atomic E-state index is 0.0836. The number of hydrogen-bond donors (Lipinski definition) is 2. The minimum Gasteiger partial charge on any atom is -0.480 e. The molecule has 0 radical (unpaired) electrons. The van der Waals surface area contributed by atoms with Crippen LogP contribution in [0.2, 0.25) is 0 Å². The highest BCUT2D eigenvalue weighted by atomic mass is 19.4. The van der Waals surface area contributed by atoms with Crippen LogP contribution in [0.5, 0.6) is 0 Å². The lowest BCUT2D eigenvalue weighted by atomic mass is 10.0. The number of alkyl halides is 3. The first-order valence-corrected chi connectivity index (χ1v) is 5.16. The van der Waals surface area contributed by atoms with Crippen LogP contribution in [-0.4, -0.2) is 17.1 Å². The summed E-state index contributed by atoms with van der Waals surface area (Å²) < 4.78 is 63.2. The molecule has 1 atom stereocenters. The van der Waals surface area contributed by atoms with Crippen molar-refractivity contribution in [3.8, 4) is 0 Å². The highest BCUT2D eigenvalue weighted by Crippen LogP contribution is 2.34. The summed E-state index contributed by atoms with van der Waals surface area (Å²) in [6.07, 6.45) is -5.40. The molecule has 0 aliphatic heterocycles. The molecule has 0 aliphatic carbocycles. The lowest BCUT2D eigenvalue weighted by Gasteiger charge is -2.11. The Bertz CT molecular complexity index is 463. The Hall–Kier alpha value is -1.70. The van der Waals surface area contributed by atoms with E-state index in [9.17, 15) is 26.7 Å². The maximum absolute atomic E-state index is 13.2. The van der Waals surface area contributed by atoms with Crippen LogP contribution in [0.4, 0.5) is 22.0 Å². The Balaban J connectivity index is 2.93. The molecule has 3 nitrogen and oxygen atoms in total. The van der Waals surface area contributed by atoms with E-state index in [2.05, 4.69) is 0 Å². The molecule has 1 unspecified atom stereocenters. The molecule has 1 aromatic carbocycles. The van der Waals surface area contributed by atoms with Crippen LogP contribution >= 0.6 is 0 Å². The van der Waals surface area contributed by atoms with Gasteiger partial charge in [0.2, 0.25) is 0 Å². The van der Waals surface area contributed by atoms with Gasteiger partial charge >= 0.3 is 12.1 Å². The van der Waals surface area contributed by atoms with Gasteiger partial charge in [0.05, 0.1) is 0 Å². The molecule has 0 amide bonds. The van der Waals surface area contributed by atoms with Gasteiger partial charge in [0.1, 0.15) is 23.2 Å². The number of halogens is 5. The highest BCUT2D eigenvalue weighted by molar-refractivity contribution is 5.73. The summed E-state index contributed by atoms with van der Waals surface area (Å²) in [5, 5.41) is 8.50. The SMILES string of the molecule is NC(CCc1cc(F)c(C(F)(F)F)c(F)c1)C(=O)O. The molecule has 0 spiro atoms. The van der Waals surface area contributed by atoms with Crippen molar-refractivity contribution in [2.45, 2.75) is 25.1 Å². The van der Waals surface area contributed by atoms with Crippen LogP contribution < -0.4 is 5.73 Å². The van der Waals surface area contributed by atoms with Gasteiger partial charge in [-0.25, -0.2) is 8.78 Å². The molecule has 0 saturated carbocycles. The largest absolute Gasteiger partial charge is 0.480 e. The lowest BCUT2D eigenvalue weighted by molar-refractivity contribution is -0.142. The summed E-state index contributed by atoms with van der Waals surface area (Å²) in [7, 11) is 0. The molecule has 0 saturated heterocycles. The first kappa shape index (κ1) is 15.4. The average Bonchev–Trinajstić information content (AvgIpc) is 2.22. The Morgan fingerprint density at radius 2 is 1.74 bits per heavy atom. The van der Waals surface area contributed by atoms with Crippen molar-refractivity contribution in [1.82, 2.24) is 0 Å². The Morgan fingerprint density at radius 1 is 1.26 bits per heavy atom. The van der Waals surface area contributed by atoms with Gasteiger partial charge in [-0.3, -0.25) is 4.79 Å². The smallest absolute Gasteiger partial charge is 0.422 e. The second-order valence-electron chi connectivity index (χ2n) is 3.92. The third-order valence-corrected chi connectivity index (χ3v) is 2.45. The standard InChI is InChI=1S/C11H10F5NO2/c12-6-3-5(1-2-8(17)10(18)19)4-7(13)9(6)11(14,15)16/h3-4,8H,1-2,17H2,(H,18,19). The predicted octanol–water partition coefficient (Wildman–Crippen LogP) is 2.33. The summed E-state index contributed by atoms with van der Waals surface area (Å²) in [5.41, 5.74) is 3.13. The van der Waals surface area contributed by atoms with E-state index < -0.39 is 35.4 Å². The molecule has 0 aromatic heterocycles. The van der Waals surface area contributed by atoms with Crippen molar-refractivity contribution in [1.29, 1.82) is 0 Å². The van der Waals surface area contributed by atoms with Crippen molar-refractivity contribution in [2.75, 3.05) is 0 Å². The predicted molar refractivity (Wildman–Crippen MR) is 55.3 cm³/mol. The van der Waals surface area contributed by atoms with E-state index in [1.54, 1.807) is 0 Å². The number of carbonyl (C=O) groups is 1. The normalized spacial score (nSPS) is 13.4. The lowest BCUT2D eigenvalue weighted by Crippen LogP contribution is -2.30. The van der Waals surface area contributed by atoms with Crippen LogP contribution in [0, 0.1) is 11.6 Å². The molecule has 0 aliphatic rings. The van der Waals surface area contributed by atoms with Gasteiger partial charge in [0.15, 0.2) is 0 Å². The number of benzene rings is 1. The zero-order valence-electron chi connectivity index (χ0n) is 9.47. The second kappa shape index (κ2) is 5.52. The zero-order valence-corrected chi connectivity index (χ0v) is 9.47. The first-order chi connectivity index (χ1) is 8.62. The minimum atomic E-state index is -5.12. The molecule has 0 heterocycles. The fourth-order valence-electron chi connectivity index (χ4n) is 1.49. The summed E-state index contributed by atoms with van der Waals surface area (Å²) in [5.74, 6) is -4.76. The number of rotatable bonds is 4. The summed E-state index contributed by atoms with van der Waals surface area (Å²) in [6, 6.07) is -0.186. The van der Waals surface area contributed by atoms with Crippen LogP contribution in [0.1, 0.15) is 17.5 Å². The topological polar surface area (TPSA) is 63.3 Å². The number of aryl methyl sites for hydroxylation is 1. The maximum atomic E-state index is 13.2. The summed E-state index contributed by atoms with van der Waals surface area (Å²) in [4.78, 5) is 10.4. The fourth-order valence-corrected chi connectivity index (χ4v) is 1.49. The van der Waals surface area contributed by atoms with Gasteiger partial charge in [0, 0.05) is 0 Å². The van der Waals surface area contributed by atoms with Crippen molar-refractivity contribution < 1.29 is 31.9 Å². The van der Waals surface area contributed by atoms with Crippen LogP contribution in [0.3, 0.4) is 0 Å². The first-order valence-electron chi connectivity index (χ1n) is 5.16. The van der Waals surface area contributed by atoms with Crippen LogP contribution in [0.25, 0.3) is 0 Å². The van der Waals surface area contributed by atoms with E-state index in [1.165, 1.54) is 0 Å². The number of aliphatic carboxylic acids is 1. The van der Waals surface area contributed by atoms with Gasteiger partial charge in [-0.05, 0) is 30.5 Å². The summed E-state index contributed by atoms with van der Waals surface area (Å²) in [6.45, 7) is 0. The quantitative estimate of drug-likeness (QED) is 0.834. The monoisotopic (exact) mass is 283 g/mol. The summed E-state index contributed by atoms with van der Waals surface area (Å²) >= 11 is 0. The molecule has 8 heteroatoms. The van der Waals surface area contributed by atoms with E-state index in [1.807, 2.05) is 0 Å². The van der Waals surface area contributed by atoms with Gasteiger partial charge < -0.3 is 10.8 Å². The highest BCUT2D eigenvalue weighted by Gasteiger charge is 2.37. The molecule has 3 N–H and O–H groups in total. The number of carboxylic acid groups (broad SMARTS) is 1. The Labute approximate surface area is 104 Å². The van der Waals surface area contributed by atoms with Gasteiger partial charge in [-0.1, -0.05) is 0 Å². The maximum Gasteiger partial charge on any atom is 0.422 e. The van der Waals surface area contributed by atoms with E-state index in [4.69, 9.17) is 10.8 Å². The molecular weight excluding hydrogens is 273 g/mol. The zero-order chi connectivity index (χ0) is 14.8. The van der Waals surface area contributed by atoms with Gasteiger partial charge in [-0.2, -0.15) is 13.2 Å². The molecule has 0 bridgehead atoms.